The number of benzene rings is 1. The molecule has 0 aromatic heterocycles. The summed E-state index contributed by atoms with van der Waals surface area (Å²) in [6, 6.07) is 4.86. The SMILES string of the molecule is CNCCC1CCc2cc(OC)cc(C)c2N1. The van der Waals surface area contributed by atoms with Crippen molar-refractivity contribution in [3.63, 3.8) is 0 Å². The van der Waals surface area contributed by atoms with E-state index in [1.54, 1.807) is 7.11 Å². The van der Waals surface area contributed by atoms with Gasteiger partial charge in [-0.05, 0) is 63.0 Å². The van der Waals surface area contributed by atoms with Gasteiger partial charge in [-0.1, -0.05) is 0 Å². The van der Waals surface area contributed by atoms with E-state index in [2.05, 4.69) is 29.7 Å². The van der Waals surface area contributed by atoms with Crippen LogP contribution in [0.3, 0.4) is 0 Å². The normalized spacial score (nSPS) is 18.4. The highest BCUT2D eigenvalue weighted by atomic mass is 16.5. The summed E-state index contributed by atoms with van der Waals surface area (Å²) in [5.74, 6) is 0.969. The number of aryl methyl sites for hydroxylation is 2. The monoisotopic (exact) mass is 234 g/mol. The van der Waals surface area contributed by atoms with E-state index in [4.69, 9.17) is 4.74 Å². The Hall–Kier alpha value is -1.22. The molecule has 0 radical (unpaired) electrons. The fraction of sp³-hybridized carbons (Fsp3) is 0.571. The molecule has 0 spiro atoms. The highest BCUT2D eigenvalue weighted by Crippen LogP contribution is 2.32. The fourth-order valence-electron chi connectivity index (χ4n) is 2.49. The Labute approximate surface area is 104 Å². The van der Waals surface area contributed by atoms with Crippen molar-refractivity contribution in [3.05, 3.63) is 23.3 Å². The summed E-state index contributed by atoms with van der Waals surface area (Å²) in [4.78, 5) is 0. The van der Waals surface area contributed by atoms with Gasteiger partial charge < -0.3 is 15.4 Å². The van der Waals surface area contributed by atoms with Gasteiger partial charge in [-0.2, -0.15) is 0 Å². The van der Waals surface area contributed by atoms with Gasteiger partial charge in [-0.3, -0.25) is 0 Å². The van der Waals surface area contributed by atoms with E-state index < -0.39 is 0 Å². The molecule has 1 aromatic carbocycles. The van der Waals surface area contributed by atoms with Crippen LogP contribution in [-0.4, -0.2) is 26.7 Å². The number of fused-ring (bicyclic) bond motifs is 1. The molecule has 1 aromatic rings. The van der Waals surface area contributed by atoms with E-state index in [0.29, 0.717) is 6.04 Å². The summed E-state index contributed by atoms with van der Waals surface area (Å²) in [7, 11) is 3.74. The molecule has 1 aliphatic rings. The summed E-state index contributed by atoms with van der Waals surface area (Å²) >= 11 is 0. The Morgan fingerprint density at radius 2 is 2.29 bits per heavy atom. The van der Waals surface area contributed by atoms with Crippen LogP contribution in [0.15, 0.2) is 12.1 Å². The fourth-order valence-corrected chi connectivity index (χ4v) is 2.49. The van der Waals surface area contributed by atoms with Crippen LogP contribution < -0.4 is 15.4 Å². The van der Waals surface area contributed by atoms with Crippen molar-refractivity contribution in [1.29, 1.82) is 0 Å². The maximum atomic E-state index is 5.32. The number of hydrogen-bond acceptors (Lipinski definition) is 3. The van der Waals surface area contributed by atoms with Crippen molar-refractivity contribution in [2.75, 3.05) is 26.0 Å². The first-order valence-electron chi connectivity index (χ1n) is 6.33. The predicted molar refractivity (Wildman–Crippen MR) is 72.0 cm³/mol. The quantitative estimate of drug-likeness (QED) is 0.839. The van der Waals surface area contributed by atoms with Crippen LogP contribution in [0.4, 0.5) is 5.69 Å². The van der Waals surface area contributed by atoms with Gasteiger partial charge in [-0.25, -0.2) is 0 Å². The molecule has 2 N–H and O–H groups in total. The molecule has 0 amide bonds. The zero-order valence-electron chi connectivity index (χ0n) is 11.0. The van der Waals surface area contributed by atoms with E-state index >= 15 is 0 Å². The van der Waals surface area contributed by atoms with Crippen LogP contribution in [-0.2, 0) is 6.42 Å². The zero-order valence-corrected chi connectivity index (χ0v) is 11.0. The van der Waals surface area contributed by atoms with Gasteiger partial charge in [0.05, 0.1) is 7.11 Å². The lowest BCUT2D eigenvalue weighted by molar-refractivity contribution is 0.413. The van der Waals surface area contributed by atoms with Gasteiger partial charge in [0, 0.05) is 11.7 Å². The van der Waals surface area contributed by atoms with Crippen molar-refractivity contribution >= 4 is 5.69 Å². The molecule has 17 heavy (non-hydrogen) atoms. The summed E-state index contributed by atoms with van der Waals surface area (Å²) in [6.07, 6.45) is 3.54. The second-order valence-electron chi connectivity index (χ2n) is 4.75. The van der Waals surface area contributed by atoms with E-state index in [1.807, 2.05) is 7.05 Å². The lowest BCUT2D eigenvalue weighted by Crippen LogP contribution is -2.29. The highest BCUT2D eigenvalue weighted by Gasteiger charge is 2.19. The summed E-state index contributed by atoms with van der Waals surface area (Å²) in [5.41, 5.74) is 3.99. The van der Waals surface area contributed by atoms with Gasteiger partial charge in [0.15, 0.2) is 0 Å². The Balaban J connectivity index is 2.15. The van der Waals surface area contributed by atoms with Crippen LogP contribution in [0.2, 0.25) is 0 Å². The third kappa shape index (κ3) is 2.72. The van der Waals surface area contributed by atoms with Gasteiger partial charge in [0.1, 0.15) is 5.75 Å². The molecule has 1 heterocycles. The Bertz CT molecular complexity index is 390. The van der Waals surface area contributed by atoms with Crippen molar-refractivity contribution in [2.45, 2.75) is 32.2 Å². The molecule has 1 aliphatic heterocycles. The first kappa shape index (κ1) is 12.2. The minimum absolute atomic E-state index is 0.599. The molecule has 0 fully saturated rings. The second kappa shape index (κ2) is 5.41. The molecule has 1 unspecified atom stereocenters. The second-order valence-corrected chi connectivity index (χ2v) is 4.75. The van der Waals surface area contributed by atoms with Crippen molar-refractivity contribution in [2.24, 2.45) is 0 Å². The molecule has 2 rings (SSSR count). The minimum Gasteiger partial charge on any atom is -0.497 e. The van der Waals surface area contributed by atoms with Crippen molar-refractivity contribution < 1.29 is 4.74 Å². The number of ether oxygens (including phenoxy) is 1. The third-order valence-corrected chi connectivity index (χ3v) is 3.48. The van der Waals surface area contributed by atoms with Crippen LogP contribution in [0.5, 0.6) is 5.75 Å². The molecule has 94 valence electrons. The predicted octanol–water partition coefficient (Wildman–Crippen LogP) is 2.34. The molecule has 3 heteroatoms. The van der Waals surface area contributed by atoms with Crippen LogP contribution >= 0.6 is 0 Å². The molecule has 1 atom stereocenters. The van der Waals surface area contributed by atoms with Gasteiger partial charge in [0.2, 0.25) is 0 Å². The van der Waals surface area contributed by atoms with E-state index in [9.17, 15) is 0 Å². The molecular weight excluding hydrogens is 212 g/mol. The number of hydrogen-bond donors (Lipinski definition) is 2. The van der Waals surface area contributed by atoms with E-state index in [-0.39, 0.29) is 0 Å². The average Bonchev–Trinajstić information content (AvgIpc) is 2.36. The zero-order chi connectivity index (χ0) is 12.3. The number of methoxy groups -OCH3 is 1. The average molecular weight is 234 g/mol. The lowest BCUT2D eigenvalue weighted by atomic mass is 9.94. The summed E-state index contributed by atoms with van der Waals surface area (Å²) in [6.45, 7) is 3.22. The van der Waals surface area contributed by atoms with Crippen molar-refractivity contribution in [3.8, 4) is 5.75 Å². The van der Waals surface area contributed by atoms with Crippen LogP contribution in [0.25, 0.3) is 0 Å². The Morgan fingerprint density at radius 1 is 1.47 bits per heavy atom. The van der Waals surface area contributed by atoms with E-state index in [0.717, 1.165) is 18.7 Å². The first-order valence-corrected chi connectivity index (χ1v) is 6.33. The van der Waals surface area contributed by atoms with Gasteiger partial charge >= 0.3 is 0 Å². The van der Waals surface area contributed by atoms with Crippen LogP contribution in [0, 0.1) is 6.92 Å². The van der Waals surface area contributed by atoms with Crippen molar-refractivity contribution in [1.82, 2.24) is 5.32 Å². The minimum atomic E-state index is 0.599. The molecule has 3 nitrogen and oxygen atoms in total. The number of rotatable bonds is 4. The maximum absolute atomic E-state index is 5.32. The lowest BCUT2D eigenvalue weighted by Gasteiger charge is -2.29. The summed E-state index contributed by atoms with van der Waals surface area (Å²) < 4.78 is 5.32. The maximum Gasteiger partial charge on any atom is 0.119 e. The Kier molecular flexibility index (Phi) is 3.89. The summed E-state index contributed by atoms with van der Waals surface area (Å²) in [5, 5.41) is 6.87. The van der Waals surface area contributed by atoms with Gasteiger partial charge in [0.25, 0.3) is 0 Å². The van der Waals surface area contributed by atoms with Gasteiger partial charge in [-0.15, -0.1) is 0 Å². The first-order chi connectivity index (χ1) is 8.24. The highest BCUT2D eigenvalue weighted by molar-refractivity contribution is 5.62. The number of nitrogens with one attached hydrogen (secondary N) is 2. The molecule has 0 saturated carbocycles. The van der Waals surface area contributed by atoms with E-state index in [1.165, 1.54) is 29.7 Å². The Morgan fingerprint density at radius 3 is 3.00 bits per heavy atom. The largest absolute Gasteiger partial charge is 0.497 e. The molecule has 0 saturated heterocycles. The standard InChI is InChI=1S/C14H22N2O/c1-10-8-13(17-3)9-11-4-5-12(6-7-15-2)16-14(10)11/h8-9,12,15-16H,4-7H2,1-3H3. The number of anilines is 1. The third-order valence-electron chi connectivity index (χ3n) is 3.48. The van der Waals surface area contributed by atoms with Crippen LogP contribution in [0.1, 0.15) is 24.0 Å². The molecule has 0 aliphatic carbocycles. The molecule has 0 bridgehead atoms. The topological polar surface area (TPSA) is 33.3 Å². The molecular formula is C14H22N2O. The smallest absolute Gasteiger partial charge is 0.119 e.